The van der Waals surface area contributed by atoms with Crippen LogP contribution in [-0.2, 0) is 20.9 Å². The van der Waals surface area contributed by atoms with E-state index in [2.05, 4.69) is 30.6 Å². The zero-order valence-electron chi connectivity index (χ0n) is 21.4. The smallest absolute Gasteiger partial charge is 0.328 e. The number of carbonyl (C=O) groups excluding carboxylic acids is 2. The molecular weight excluding hydrogens is 496 g/mol. The molecule has 0 aliphatic carbocycles. The fourth-order valence-electron chi connectivity index (χ4n) is 3.27. The zero-order chi connectivity index (χ0) is 27.9. The Morgan fingerprint density at radius 1 is 1.16 bits per heavy atom. The SMILES string of the molecule is C[N+](C)(C)CCOC(=O)C(CCC(=O)O)NC(=O)c1ccc(NCc2cnc3nc(N)[nH]c(=O)c3n2)cc1. The predicted octanol–water partition coefficient (Wildman–Crippen LogP) is 0.120. The first-order chi connectivity index (χ1) is 17.9. The zero-order valence-corrected chi connectivity index (χ0v) is 21.4. The molecule has 2 aromatic heterocycles. The van der Waals surface area contributed by atoms with Crippen LogP contribution < -0.4 is 21.9 Å². The number of esters is 1. The van der Waals surface area contributed by atoms with Crippen molar-refractivity contribution in [3.8, 4) is 0 Å². The number of H-pyrrole nitrogens is 1. The normalized spacial score (nSPS) is 12.1. The van der Waals surface area contributed by atoms with Gasteiger partial charge in [0, 0.05) is 17.7 Å². The van der Waals surface area contributed by atoms with E-state index in [1.807, 2.05) is 21.1 Å². The van der Waals surface area contributed by atoms with Gasteiger partial charge in [0.2, 0.25) is 5.95 Å². The monoisotopic (exact) mass is 527 g/mol. The van der Waals surface area contributed by atoms with Crippen molar-refractivity contribution in [3.05, 3.63) is 52.1 Å². The van der Waals surface area contributed by atoms with Gasteiger partial charge in [0.15, 0.2) is 11.2 Å². The van der Waals surface area contributed by atoms with Gasteiger partial charge in [-0.3, -0.25) is 19.4 Å². The summed E-state index contributed by atoms with van der Waals surface area (Å²) in [5.74, 6) is -2.35. The summed E-state index contributed by atoms with van der Waals surface area (Å²) in [6, 6.07) is 5.33. The number of nitrogens with one attached hydrogen (secondary N) is 3. The van der Waals surface area contributed by atoms with E-state index in [-0.39, 0.29) is 48.7 Å². The molecule has 0 saturated heterocycles. The van der Waals surface area contributed by atoms with Crippen LogP contribution in [0.1, 0.15) is 28.9 Å². The van der Waals surface area contributed by atoms with Gasteiger partial charge in [-0.2, -0.15) is 4.98 Å². The van der Waals surface area contributed by atoms with Gasteiger partial charge in [0.1, 0.15) is 19.2 Å². The maximum Gasteiger partial charge on any atom is 0.328 e. The lowest BCUT2D eigenvalue weighted by molar-refractivity contribution is -0.870. The lowest BCUT2D eigenvalue weighted by Gasteiger charge is -2.24. The van der Waals surface area contributed by atoms with Crippen LogP contribution in [0.25, 0.3) is 11.2 Å². The molecule has 0 fully saturated rings. The van der Waals surface area contributed by atoms with Crippen LogP contribution in [-0.4, -0.2) is 87.7 Å². The number of amides is 1. The van der Waals surface area contributed by atoms with Gasteiger partial charge in [0.05, 0.1) is 39.6 Å². The van der Waals surface area contributed by atoms with Crippen molar-refractivity contribution >= 4 is 40.6 Å². The van der Waals surface area contributed by atoms with Gasteiger partial charge in [-0.25, -0.2) is 14.8 Å². The molecule has 1 atom stereocenters. The molecule has 0 aliphatic heterocycles. The van der Waals surface area contributed by atoms with Crippen LogP contribution >= 0.6 is 0 Å². The minimum Gasteiger partial charge on any atom is -0.481 e. The van der Waals surface area contributed by atoms with Gasteiger partial charge in [-0.1, -0.05) is 0 Å². The third-order valence-electron chi connectivity index (χ3n) is 5.35. The Kier molecular flexibility index (Phi) is 8.91. The number of aliphatic carboxylic acids is 1. The summed E-state index contributed by atoms with van der Waals surface area (Å²) in [5, 5.41) is 14.7. The summed E-state index contributed by atoms with van der Waals surface area (Å²) in [6.45, 7) is 0.948. The van der Waals surface area contributed by atoms with E-state index < -0.39 is 29.4 Å². The fourth-order valence-corrected chi connectivity index (χ4v) is 3.27. The molecule has 1 aromatic carbocycles. The maximum absolute atomic E-state index is 12.8. The molecule has 202 valence electrons. The van der Waals surface area contributed by atoms with E-state index in [1.54, 1.807) is 24.3 Å². The van der Waals surface area contributed by atoms with Crippen molar-refractivity contribution < 1.29 is 28.7 Å². The summed E-state index contributed by atoms with van der Waals surface area (Å²) < 4.78 is 5.85. The minimum absolute atomic E-state index is 0.0447. The largest absolute Gasteiger partial charge is 0.481 e. The number of ether oxygens (including phenoxy) is 1. The third-order valence-corrected chi connectivity index (χ3v) is 5.35. The number of aromatic nitrogens is 4. The highest BCUT2D eigenvalue weighted by Gasteiger charge is 2.24. The van der Waals surface area contributed by atoms with Crippen molar-refractivity contribution in [2.24, 2.45) is 0 Å². The second-order valence-electron chi connectivity index (χ2n) is 9.56. The molecular formula is C24H31N8O6+. The van der Waals surface area contributed by atoms with Crippen molar-refractivity contribution in [1.29, 1.82) is 0 Å². The standard InChI is InChI=1S/C24H30N8O6/c1-32(2,3)10-11-38-23(37)17(8-9-18(33)34)29-21(35)14-4-6-15(7-5-14)26-12-16-13-27-20-19(28-16)22(36)31-24(25)30-20/h4-7,13,17H,8-12H2,1-3H3,(H5-,25,26,27,29,30,31,33,34,35,36)/p+1. The van der Waals surface area contributed by atoms with Gasteiger partial charge in [0.25, 0.3) is 11.5 Å². The molecule has 3 rings (SSSR count). The van der Waals surface area contributed by atoms with Crippen LogP contribution in [0.15, 0.2) is 35.3 Å². The van der Waals surface area contributed by atoms with Crippen LogP contribution in [0.5, 0.6) is 0 Å². The molecule has 14 nitrogen and oxygen atoms in total. The van der Waals surface area contributed by atoms with Gasteiger partial charge in [-0.15, -0.1) is 0 Å². The van der Waals surface area contributed by atoms with E-state index >= 15 is 0 Å². The number of carboxylic acids is 1. The highest BCUT2D eigenvalue weighted by molar-refractivity contribution is 5.97. The number of rotatable bonds is 12. The molecule has 0 spiro atoms. The molecule has 6 N–H and O–H groups in total. The van der Waals surface area contributed by atoms with Crippen molar-refractivity contribution in [3.63, 3.8) is 0 Å². The van der Waals surface area contributed by atoms with Gasteiger partial charge >= 0.3 is 11.9 Å². The summed E-state index contributed by atoms with van der Waals surface area (Å²) >= 11 is 0. The Bertz CT molecular complexity index is 1370. The van der Waals surface area contributed by atoms with E-state index in [0.717, 1.165) is 0 Å². The van der Waals surface area contributed by atoms with Crippen molar-refractivity contribution in [1.82, 2.24) is 25.3 Å². The Labute approximate surface area is 217 Å². The number of nitrogens with two attached hydrogens (primary N) is 1. The Morgan fingerprint density at radius 3 is 2.53 bits per heavy atom. The number of anilines is 2. The van der Waals surface area contributed by atoms with Crippen molar-refractivity contribution in [2.75, 3.05) is 45.3 Å². The molecule has 0 bridgehead atoms. The van der Waals surface area contributed by atoms with E-state index in [0.29, 0.717) is 22.4 Å². The van der Waals surface area contributed by atoms with Gasteiger partial charge < -0.3 is 30.7 Å². The maximum atomic E-state index is 12.8. The number of hydrogen-bond donors (Lipinski definition) is 5. The number of aromatic amines is 1. The summed E-state index contributed by atoms with van der Waals surface area (Å²) in [7, 11) is 5.83. The molecule has 1 amide bonds. The first-order valence-electron chi connectivity index (χ1n) is 11.8. The number of nitrogen functional groups attached to an aromatic ring is 1. The summed E-state index contributed by atoms with van der Waals surface area (Å²) in [4.78, 5) is 63.0. The highest BCUT2D eigenvalue weighted by Crippen LogP contribution is 2.12. The predicted molar refractivity (Wildman–Crippen MR) is 138 cm³/mol. The Morgan fingerprint density at radius 2 is 1.87 bits per heavy atom. The molecule has 38 heavy (non-hydrogen) atoms. The molecule has 0 saturated carbocycles. The lowest BCUT2D eigenvalue weighted by atomic mass is 10.1. The number of fused-ring (bicyclic) bond motifs is 1. The van der Waals surface area contributed by atoms with Crippen LogP contribution in [0.2, 0.25) is 0 Å². The van der Waals surface area contributed by atoms with Crippen LogP contribution in [0.3, 0.4) is 0 Å². The van der Waals surface area contributed by atoms with Crippen LogP contribution in [0.4, 0.5) is 11.6 Å². The first kappa shape index (κ1) is 28.0. The molecule has 2 heterocycles. The number of nitrogens with zero attached hydrogens (tertiary/aromatic N) is 4. The lowest BCUT2D eigenvalue weighted by Crippen LogP contribution is -2.44. The molecule has 0 aliphatic rings. The molecule has 1 unspecified atom stereocenters. The number of carbonyl (C=O) groups is 3. The minimum atomic E-state index is -1.09. The molecule has 14 heteroatoms. The van der Waals surface area contributed by atoms with Crippen molar-refractivity contribution in [2.45, 2.75) is 25.4 Å². The summed E-state index contributed by atoms with van der Waals surface area (Å²) in [5.41, 5.74) is 6.66. The van der Waals surface area contributed by atoms with Gasteiger partial charge in [-0.05, 0) is 30.7 Å². The quantitative estimate of drug-likeness (QED) is 0.158. The number of hydrogen-bond acceptors (Lipinski definition) is 10. The number of quaternary nitrogens is 1. The number of carboxylic acid groups (broad SMARTS) is 1. The fraction of sp³-hybridized carbons (Fsp3) is 0.375. The highest BCUT2D eigenvalue weighted by atomic mass is 16.5. The molecule has 0 radical (unpaired) electrons. The topological polar surface area (TPSA) is 202 Å². The van der Waals surface area contributed by atoms with E-state index in [1.165, 1.54) is 6.20 Å². The Balaban J connectivity index is 1.60. The second-order valence-corrected chi connectivity index (χ2v) is 9.56. The average Bonchev–Trinajstić information content (AvgIpc) is 2.84. The molecule has 3 aromatic rings. The average molecular weight is 528 g/mol. The third kappa shape index (κ3) is 8.23. The van der Waals surface area contributed by atoms with Crippen LogP contribution in [0, 0.1) is 0 Å². The Hall–Kier alpha value is -4.59. The number of benzene rings is 1. The first-order valence-corrected chi connectivity index (χ1v) is 11.8. The van der Waals surface area contributed by atoms with E-state index in [9.17, 15) is 19.2 Å². The number of likely N-dealkylation sites (N-methyl/N-ethyl adjacent to an activating group) is 1. The van der Waals surface area contributed by atoms with E-state index in [4.69, 9.17) is 15.6 Å². The summed E-state index contributed by atoms with van der Waals surface area (Å²) in [6.07, 6.45) is 1.08. The second kappa shape index (κ2) is 12.1.